The Balaban J connectivity index is 0.000000224. The Kier molecular flexibility index (Phi) is 13.8. The summed E-state index contributed by atoms with van der Waals surface area (Å²) in [6, 6.07) is 7.06. The molecule has 8 N–H and O–H groups in total. The summed E-state index contributed by atoms with van der Waals surface area (Å²) >= 11 is 0. The number of unbranched alkanes of at least 4 members (excludes halogenated alkanes) is 2. The Morgan fingerprint density at radius 3 is 1.45 bits per heavy atom. The van der Waals surface area contributed by atoms with Crippen LogP contribution >= 0.6 is 0 Å². The third-order valence-electron chi connectivity index (χ3n) is 8.29. The number of hydrogen-bond acceptors (Lipinski definition) is 10. The van der Waals surface area contributed by atoms with Gasteiger partial charge >= 0.3 is 12.1 Å². The summed E-state index contributed by atoms with van der Waals surface area (Å²) in [5.74, 6) is 2.71. The molecule has 16 nitrogen and oxygen atoms in total. The molecular formula is C34H46N14O2W. The molecule has 6 aromatic rings. The number of amides is 4. The predicted octanol–water partition coefficient (Wildman–Crippen LogP) is 3.66. The Hall–Kier alpha value is -5.11. The van der Waals surface area contributed by atoms with Gasteiger partial charge in [0, 0.05) is 86.6 Å². The first-order valence-electron chi connectivity index (χ1n) is 17.0. The van der Waals surface area contributed by atoms with Gasteiger partial charge in [0.1, 0.15) is 44.7 Å². The maximum Gasteiger partial charge on any atom is 0.314 e. The van der Waals surface area contributed by atoms with E-state index in [4.69, 9.17) is 21.4 Å². The minimum atomic E-state index is -0.205. The van der Waals surface area contributed by atoms with Gasteiger partial charge in [-0.2, -0.15) is 0 Å². The number of nitrogens with zero attached hydrogens (tertiary/aromatic N) is 8. The summed E-state index contributed by atoms with van der Waals surface area (Å²) in [5, 5.41) is 10.7. The molecular weight excluding hydrogens is 820 g/mol. The van der Waals surface area contributed by atoms with Crippen molar-refractivity contribution in [2.75, 3.05) is 38.7 Å². The first kappa shape index (κ1) is 38.7. The monoisotopic (exact) mass is 866 g/mol. The van der Waals surface area contributed by atoms with E-state index in [2.05, 4.69) is 64.2 Å². The van der Waals surface area contributed by atoms with Crippen molar-refractivity contribution in [1.29, 1.82) is 0 Å². The minimum absolute atomic E-state index is 0. The average Bonchev–Trinajstić information content (AvgIpc) is 3.69. The van der Waals surface area contributed by atoms with E-state index in [-0.39, 0.29) is 33.1 Å². The van der Waals surface area contributed by atoms with E-state index in [0.717, 1.165) is 83.3 Å². The van der Waals surface area contributed by atoms with Crippen molar-refractivity contribution >= 4 is 67.8 Å². The first-order chi connectivity index (χ1) is 24.3. The number of aromatic nitrogens is 8. The number of aryl methyl sites for hydroxylation is 2. The SMILES string of the molecule is CCCCc1nc2c(N)nc3cccnc3c2n1CCNC(=O)NC.CCCCc1nc2c(N)nc3cccnc3c2n1CCNC(=O)NC.[W]. The third kappa shape index (κ3) is 8.80. The van der Waals surface area contributed by atoms with Crippen LogP contribution in [-0.4, -0.2) is 78.3 Å². The van der Waals surface area contributed by atoms with Crippen molar-refractivity contribution in [2.45, 2.75) is 65.5 Å². The number of nitrogens with two attached hydrogens (primary N) is 2. The second kappa shape index (κ2) is 18.2. The van der Waals surface area contributed by atoms with Crippen molar-refractivity contribution in [3.8, 4) is 0 Å². The number of hydrogen-bond donors (Lipinski definition) is 6. The number of urea groups is 2. The fourth-order valence-corrected chi connectivity index (χ4v) is 5.81. The zero-order chi connectivity index (χ0) is 35.6. The van der Waals surface area contributed by atoms with Crippen molar-refractivity contribution < 1.29 is 30.7 Å². The van der Waals surface area contributed by atoms with Gasteiger partial charge in [0.25, 0.3) is 0 Å². The molecule has 0 aliphatic rings. The van der Waals surface area contributed by atoms with Crippen LogP contribution in [0, 0.1) is 0 Å². The standard InChI is InChI=1S/2C17H23N7O.W/c2*1-3-4-7-12-23-14-15(24(12)10-9-21-17(25)19-2)13-11(22-16(14)18)6-5-8-20-13;/h2*5-6,8H,3-4,7,9-10H2,1-2H3,(H2,18,22)(H2,19,21,25);. The average molecular weight is 867 g/mol. The summed E-state index contributed by atoms with van der Waals surface area (Å²) in [6.45, 7) is 6.46. The number of carbonyl (C=O) groups is 2. The van der Waals surface area contributed by atoms with Gasteiger partial charge in [-0.25, -0.2) is 29.5 Å². The number of pyridine rings is 4. The predicted molar refractivity (Wildman–Crippen MR) is 197 cm³/mol. The third-order valence-corrected chi connectivity index (χ3v) is 8.29. The molecule has 6 rings (SSSR count). The van der Waals surface area contributed by atoms with Crippen LogP contribution in [0.15, 0.2) is 36.7 Å². The molecule has 0 aromatic carbocycles. The molecule has 270 valence electrons. The molecule has 0 bridgehead atoms. The minimum Gasteiger partial charge on any atom is -0.382 e. The van der Waals surface area contributed by atoms with E-state index in [1.807, 2.05) is 24.3 Å². The molecule has 0 aliphatic carbocycles. The van der Waals surface area contributed by atoms with E-state index in [1.165, 1.54) is 0 Å². The van der Waals surface area contributed by atoms with Crippen LogP contribution in [0.2, 0.25) is 0 Å². The van der Waals surface area contributed by atoms with Crippen molar-refractivity contribution in [3.63, 3.8) is 0 Å². The fraction of sp³-hybridized carbons (Fsp3) is 0.412. The van der Waals surface area contributed by atoms with Crippen LogP contribution in [0.25, 0.3) is 44.1 Å². The number of rotatable bonds is 12. The molecule has 0 spiro atoms. The van der Waals surface area contributed by atoms with Crippen LogP contribution in [-0.2, 0) is 47.0 Å². The summed E-state index contributed by atoms with van der Waals surface area (Å²) in [6.07, 6.45) is 9.39. The topological polar surface area (TPSA) is 222 Å². The van der Waals surface area contributed by atoms with E-state index in [9.17, 15) is 9.59 Å². The van der Waals surface area contributed by atoms with Crippen LogP contribution in [0.4, 0.5) is 21.2 Å². The number of imidazole rings is 2. The van der Waals surface area contributed by atoms with Gasteiger partial charge in [0.05, 0.1) is 11.0 Å². The molecule has 0 radical (unpaired) electrons. The number of carbonyl (C=O) groups excluding carboxylic acids is 2. The van der Waals surface area contributed by atoms with Gasteiger partial charge in [0.2, 0.25) is 0 Å². The fourth-order valence-electron chi connectivity index (χ4n) is 5.81. The normalized spacial score (nSPS) is 10.9. The maximum absolute atomic E-state index is 11.4. The van der Waals surface area contributed by atoms with Crippen molar-refractivity contribution in [3.05, 3.63) is 48.3 Å². The molecule has 6 aromatic heterocycles. The van der Waals surface area contributed by atoms with Gasteiger partial charge in [-0.1, -0.05) is 26.7 Å². The van der Waals surface area contributed by atoms with Crippen LogP contribution in [0.5, 0.6) is 0 Å². The summed E-state index contributed by atoms with van der Waals surface area (Å²) in [4.78, 5) is 50.1. The van der Waals surface area contributed by atoms with Crippen LogP contribution in [0.1, 0.15) is 51.2 Å². The largest absolute Gasteiger partial charge is 0.382 e. The van der Waals surface area contributed by atoms with Crippen LogP contribution < -0.4 is 32.7 Å². The summed E-state index contributed by atoms with van der Waals surface area (Å²) in [7, 11) is 3.19. The Morgan fingerprint density at radius 1 is 0.667 bits per heavy atom. The second-order valence-electron chi connectivity index (χ2n) is 11.7. The number of nitrogen functional groups attached to an aromatic ring is 2. The van der Waals surface area contributed by atoms with Gasteiger partial charge in [-0.05, 0) is 37.1 Å². The Morgan fingerprint density at radius 2 is 1.08 bits per heavy atom. The quantitative estimate of drug-likeness (QED) is 0.105. The molecule has 51 heavy (non-hydrogen) atoms. The molecule has 0 fully saturated rings. The molecule has 0 unspecified atom stereocenters. The molecule has 17 heteroatoms. The van der Waals surface area contributed by atoms with Crippen LogP contribution in [0.3, 0.4) is 0 Å². The van der Waals surface area contributed by atoms with E-state index in [1.54, 1.807) is 26.5 Å². The molecule has 6 heterocycles. The summed E-state index contributed by atoms with van der Waals surface area (Å²) in [5.41, 5.74) is 18.4. The molecule has 0 saturated carbocycles. The maximum atomic E-state index is 11.4. The van der Waals surface area contributed by atoms with Gasteiger partial charge in [-0.3, -0.25) is 9.97 Å². The number of nitrogens with one attached hydrogen (secondary N) is 4. The van der Waals surface area contributed by atoms with Crippen molar-refractivity contribution in [2.24, 2.45) is 0 Å². The smallest absolute Gasteiger partial charge is 0.314 e. The van der Waals surface area contributed by atoms with E-state index in [0.29, 0.717) is 48.8 Å². The van der Waals surface area contributed by atoms with Gasteiger partial charge < -0.3 is 41.9 Å². The van der Waals surface area contributed by atoms with Crippen molar-refractivity contribution in [1.82, 2.24) is 60.3 Å². The van der Waals surface area contributed by atoms with E-state index >= 15 is 0 Å². The zero-order valence-corrected chi connectivity index (χ0v) is 32.4. The first-order valence-corrected chi connectivity index (χ1v) is 17.0. The van der Waals surface area contributed by atoms with E-state index < -0.39 is 0 Å². The van der Waals surface area contributed by atoms with Gasteiger partial charge in [-0.15, -0.1) is 0 Å². The second-order valence-corrected chi connectivity index (χ2v) is 11.7. The Labute approximate surface area is 310 Å². The summed E-state index contributed by atoms with van der Waals surface area (Å²) < 4.78 is 4.21. The van der Waals surface area contributed by atoms with Gasteiger partial charge in [0.15, 0.2) is 11.6 Å². The Bertz CT molecular complexity index is 1960. The zero-order valence-electron chi connectivity index (χ0n) is 29.5. The number of anilines is 2. The number of fused-ring (bicyclic) bond motifs is 6. The molecule has 0 saturated heterocycles. The molecule has 4 amide bonds. The molecule has 0 atom stereocenters. The molecule has 0 aliphatic heterocycles.